The van der Waals surface area contributed by atoms with E-state index in [1.807, 2.05) is 4.90 Å². The van der Waals surface area contributed by atoms with Crippen molar-refractivity contribution in [1.29, 1.82) is 0 Å². The Morgan fingerprint density at radius 3 is 2.24 bits per heavy atom. The minimum absolute atomic E-state index is 0.0548. The van der Waals surface area contributed by atoms with E-state index in [0.717, 1.165) is 24.3 Å². The van der Waals surface area contributed by atoms with Crippen molar-refractivity contribution in [2.45, 2.75) is 37.6 Å². The Labute approximate surface area is 230 Å². The van der Waals surface area contributed by atoms with Crippen LogP contribution in [0.15, 0.2) is 42.5 Å². The molecule has 3 heterocycles. The number of nitrogens with zero attached hydrogens (tertiary/aromatic N) is 3. The average molecular weight is 582 g/mol. The molecule has 5 rings (SSSR count). The van der Waals surface area contributed by atoms with Crippen molar-refractivity contribution in [3.63, 3.8) is 0 Å². The third-order valence-electron chi connectivity index (χ3n) is 7.58. The third kappa shape index (κ3) is 6.01. The monoisotopic (exact) mass is 581 g/mol. The number of benzene rings is 2. The number of nitrogens with one attached hydrogen (secondary N) is 1. The van der Waals surface area contributed by atoms with Crippen LogP contribution in [0, 0.1) is 22.9 Å². The molecular weight excluding hydrogens is 556 g/mol. The van der Waals surface area contributed by atoms with E-state index < -0.39 is 47.6 Å². The summed E-state index contributed by atoms with van der Waals surface area (Å²) < 4.78 is 88.0. The lowest BCUT2D eigenvalue weighted by atomic mass is 9.76. The minimum Gasteiger partial charge on any atom is -0.480 e. The van der Waals surface area contributed by atoms with E-state index in [2.05, 4.69) is 15.3 Å². The van der Waals surface area contributed by atoms with Crippen molar-refractivity contribution < 1.29 is 41.0 Å². The standard InChI is InChI=1S/C27H25F6N5O3/c28-17-9-16(10-18(29)22(17)30)14-1-3-15(4-2-14)23(27(31,32)33)41-21-11-20(36-25(34)37-21)38-7-5-26(6-8-38)12-19(24(39)40)35-13-26/h1-4,9-11,19,23,35H,5-8,12-13H2,(H,39,40)(H2,34,36,37)/t19?,23-/m1/s1. The first-order chi connectivity index (χ1) is 19.3. The summed E-state index contributed by atoms with van der Waals surface area (Å²) in [6.07, 6.45) is -5.52. The number of nitrogen functional groups attached to an aromatic ring is 1. The Hall–Kier alpha value is -4.07. The first-order valence-corrected chi connectivity index (χ1v) is 12.7. The molecule has 2 aromatic carbocycles. The highest BCUT2D eigenvalue weighted by atomic mass is 19.4. The summed E-state index contributed by atoms with van der Waals surface area (Å²) in [6, 6.07) is 6.73. The SMILES string of the molecule is Nc1nc(O[C@H](c2ccc(-c3cc(F)c(F)c(F)c3)cc2)C(F)(F)F)cc(N2CCC3(CC2)CNC(C(=O)O)C3)n1. The number of anilines is 2. The topological polar surface area (TPSA) is 114 Å². The summed E-state index contributed by atoms with van der Waals surface area (Å²) in [7, 11) is 0. The molecule has 1 unspecified atom stereocenters. The van der Waals surface area contributed by atoms with Gasteiger partial charge in [0.1, 0.15) is 11.9 Å². The van der Waals surface area contributed by atoms with Gasteiger partial charge in [0.05, 0.1) is 0 Å². The number of carbonyl (C=O) groups is 1. The van der Waals surface area contributed by atoms with Crippen molar-refractivity contribution in [1.82, 2.24) is 15.3 Å². The van der Waals surface area contributed by atoms with Crippen LogP contribution in [0.3, 0.4) is 0 Å². The second-order valence-corrected chi connectivity index (χ2v) is 10.3. The van der Waals surface area contributed by atoms with Gasteiger partial charge in [-0.05, 0) is 47.9 Å². The molecule has 14 heteroatoms. The van der Waals surface area contributed by atoms with Gasteiger partial charge in [0.25, 0.3) is 0 Å². The van der Waals surface area contributed by atoms with E-state index in [1.165, 1.54) is 18.2 Å². The van der Waals surface area contributed by atoms with Gasteiger partial charge in [-0.3, -0.25) is 4.79 Å². The first kappa shape index (κ1) is 28.5. The van der Waals surface area contributed by atoms with Gasteiger partial charge >= 0.3 is 12.1 Å². The highest BCUT2D eigenvalue weighted by molar-refractivity contribution is 5.74. The number of aromatic nitrogens is 2. The molecule has 0 amide bonds. The van der Waals surface area contributed by atoms with Crippen LogP contribution in [0.2, 0.25) is 0 Å². The molecule has 0 aliphatic carbocycles. The van der Waals surface area contributed by atoms with Gasteiger partial charge in [0.2, 0.25) is 17.9 Å². The maximum absolute atomic E-state index is 14.1. The Kier molecular flexibility index (Phi) is 7.45. The van der Waals surface area contributed by atoms with Crippen LogP contribution >= 0.6 is 0 Å². The van der Waals surface area contributed by atoms with Gasteiger partial charge in [-0.2, -0.15) is 23.1 Å². The normalized spacial score (nSPS) is 19.4. The number of carboxylic acids is 1. The van der Waals surface area contributed by atoms with Crippen LogP contribution in [0.5, 0.6) is 5.88 Å². The van der Waals surface area contributed by atoms with Gasteiger partial charge in [0, 0.05) is 31.3 Å². The summed E-state index contributed by atoms with van der Waals surface area (Å²) in [4.78, 5) is 21.1. The molecular formula is C27H25F6N5O3. The molecule has 2 aliphatic rings. The van der Waals surface area contributed by atoms with Crippen LogP contribution in [0.4, 0.5) is 38.1 Å². The number of alkyl halides is 3. The summed E-state index contributed by atoms with van der Waals surface area (Å²) in [5.41, 5.74) is 5.41. The van der Waals surface area contributed by atoms with E-state index in [-0.39, 0.29) is 33.9 Å². The number of aliphatic carboxylic acids is 1. The number of piperidine rings is 1. The van der Waals surface area contributed by atoms with E-state index in [9.17, 15) is 36.2 Å². The Morgan fingerprint density at radius 1 is 1.05 bits per heavy atom. The van der Waals surface area contributed by atoms with Crippen molar-refractivity contribution in [3.8, 4) is 17.0 Å². The van der Waals surface area contributed by atoms with Gasteiger partial charge in [-0.25, -0.2) is 13.2 Å². The van der Waals surface area contributed by atoms with E-state index in [1.54, 1.807) is 0 Å². The summed E-state index contributed by atoms with van der Waals surface area (Å²) in [5, 5.41) is 12.3. The molecule has 218 valence electrons. The minimum atomic E-state index is -4.87. The van der Waals surface area contributed by atoms with Crippen LogP contribution in [-0.4, -0.2) is 52.9 Å². The highest BCUT2D eigenvalue weighted by Crippen LogP contribution is 2.41. The Morgan fingerprint density at radius 2 is 1.68 bits per heavy atom. The predicted octanol–water partition coefficient (Wildman–Crippen LogP) is 4.86. The second-order valence-electron chi connectivity index (χ2n) is 10.3. The van der Waals surface area contributed by atoms with E-state index in [4.69, 9.17) is 10.5 Å². The second kappa shape index (κ2) is 10.7. The molecule has 0 saturated carbocycles. The zero-order valence-electron chi connectivity index (χ0n) is 21.4. The molecule has 3 aromatic rings. The number of ether oxygens (including phenoxy) is 1. The van der Waals surface area contributed by atoms with E-state index >= 15 is 0 Å². The highest BCUT2D eigenvalue weighted by Gasteiger charge is 2.45. The zero-order valence-corrected chi connectivity index (χ0v) is 21.4. The summed E-state index contributed by atoms with van der Waals surface area (Å²) in [5.74, 6) is -5.82. The molecule has 1 aromatic heterocycles. The maximum atomic E-state index is 14.1. The fourth-order valence-corrected chi connectivity index (χ4v) is 5.35. The lowest BCUT2D eigenvalue weighted by Crippen LogP contribution is -2.41. The number of hydrogen-bond acceptors (Lipinski definition) is 7. The number of carboxylic acid groups (broad SMARTS) is 1. The van der Waals surface area contributed by atoms with Crippen LogP contribution in [0.1, 0.15) is 30.9 Å². The fourth-order valence-electron chi connectivity index (χ4n) is 5.35. The molecule has 0 bridgehead atoms. The smallest absolute Gasteiger partial charge is 0.429 e. The van der Waals surface area contributed by atoms with Crippen molar-refractivity contribution >= 4 is 17.7 Å². The number of halogens is 6. The fraction of sp³-hybridized carbons (Fsp3) is 0.370. The Balaban J connectivity index is 1.33. The quantitative estimate of drug-likeness (QED) is 0.280. The number of nitrogens with two attached hydrogens (primary N) is 1. The molecule has 1 spiro atoms. The third-order valence-corrected chi connectivity index (χ3v) is 7.58. The average Bonchev–Trinajstić information content (AvgIpc) is 3.33. The molecule has 2 aliphatic heterocycles. The van der Waals surface area contributed by atoms with Crippen molar-refractivity contribution in [3.05, 3.63) is 65.5 Å². The van der Waals surface area contributed by atoms with Crippen molar-refractivity contribution in [2.24, 2.45) is 5.41 Å². The van der Waals surface area contributed by atoms with Gasteiger partial charge in [-0.1, -0.05) is 24.3 Å². The number of rotatable bonds is 6. The van der Waals surface area contributed by atoms with Gasteiger partial charge < -0.3 is 25.8 Å². The van der Waals surface area contributed by atoms with Gasteiger partial charge in [-0.15, -0.1) is 0 Å². The van der Waals surface area contributed by atoms with Crippen molar-refractivity contribution in [2.75, 3.05) is 30.3 Å². The zero-order chi connectivity index (χ0) is 29.5. The largest absolute Gasteiger partial charge is 0.480 e. The maximum Gasteiger partial charge on any atom is 0.429 e. The molecule has 41 heavy (non-hydrogen) atoms. The summed E-state index contributed by atoms with van der Waals surface area (Å²) >= 11 is 0. The predicted molar refractivity (Wildman–Crippen MR) is 136 cm³/mol. The molecule has 2 saturated heterocycles. The summed E-state index contributed by atoms with van der Waals surface area (Å²) in [6.45, 7) is 1.53. The number of hydrogen-bond donors (Lipinski definition) is 3. The molecule has 8 nitrogen and oxygen atoms in total. The van der Waals surface area contributed by atoms with Crippen LogP contribution < -0.4 is 20.7 Å². The van der Waals surface area contributed by atoms with Crippen LogP contribution in [-0.2, 0) is 4.79 Å². The molecule has 2 fully saturated rings. The first-order valence-electron chi connectivity index (χ1n) is 12.7. The lowest BCUT2D eigenvalue weighted by Gasteiger charge is -2.39. The van der Waals surface area contributed by atoms with Crippen LogP contribution in [0.25, 0.3) is 11.1 Å². The molecule has 0 radical (unpaired) electrons. The Bertz CT molecular complexity index is 1420. The van der Waals surface area contributed by atoms with Gasteiger partial charge in [0.15, 0.2) is 17.5 Å². The van der Waals surface area contributed by atoms with E-state index in [0.29, 0.717) is 38.9 Å². The molecule has 4 N–H and O–H groups in total. The lowest BCUT2D eigenvalue weighted by molar-refractivity contribution is -0.198. The molecule has 2 atom stereocenters.